The Kier molecular flexibility index (Phi) is 5.16. The normalized spacial score (nSPS) is 10.2. The lowest BCUT2D eigenvalue weighted by Gasteiger charge is -2.11. The molecule has 0 radical (unpaired) electrons. The van der Waals surface area contributed by atoms with Gasteiger partial charge in [0.1, 0.15) is 12.4 Å². The van der Waals surface area contributed by atoms with E-state index in [-0.39, 0.29) is 5.69 Å². The zero-order chi connectivity index (χ0) is 15.2. The Balaban J connectivity index is 1.81. The molecule has 21 heavy (non-hydrogen) atoms. The van der Waals surface area contributed by atoms with E-state index in [4.69, 9.17) is 4.74 Å². The van der Waals surface area contributed by atoms with Crippen molar-refractivity contribution < 1.29 is 9.66 Å². The molecule has 0 heterocycles. The van der Waals surface area contributed by atoms with Crippen molar-refractivity contribution in [1.82, 2.24) is 0 Å². The summed E-state index contributed by atoms with van der Waals surface area (Å²) in [5.41, 5.74) is 2.27. The van der Waals surface area contributed by atoms with E-state index in [1.807, 2.05) is 25.1 Å². The molecule has 5 nitrogen and oxygen atoms in total. The number of halogens is 1. The number of nitro groups is 1. The maximum absolute atomic E-state index is 10.5. The minimum atomic E-state index is -0.429. The summed E-state index contributed by atoms with van der Waals surface area (Å²) in [5.74, 6) is 0.619. The highest BCUT2D eigenvalue weighted by Crippen LogP contribution is 2.20. The van der Waals surface area contributed by atoms with Crippen LogP contribution in [0.2, 0.25) is 0 Å². The number of hydrogen-bond acceptors (Lipinski definition) is 4. The van der Waals surface area contributed by atoms with Crippen LogP contribution in [-0.2, 0) is 0 Å². The van der Waals surface area contributed by atoms with Crippen molar-refractivity contribution in [3.63, 3.8) is 0 Å². The average molecular weight is 351 g/mol. The number of nitro benzene ring substituents is 1. The SMILES string of the molecule is Cc1ccc(Br)cc1NCCOc1ccc([N+](=O)[O-])cc1. The molecule has 6 heteroatoms. The van der Waals surface area contributed by atoms with Crippen LogP contribution in [0.4, 0.5) is 11.4 Å². The summed E-state index contributed by atoms with van der Waals surface area (Å²) in [5, 5.41) is 13.8. The largest absolute Gasteiger partial charge is 0.492 e. The van der Waals surface area contributed by atoms with Gasteiger partial charge in [-0.1, -0.05) is 22.0 Å². The van der Waals surface area contributed by atoms with Gasteiger partial charge >= 0.3 is 0 Å². The van der Waals surface area contributed by atoms with E-state index in [1.165, 1.54) is 12.1 Å². The van der Waals surface area contributed by atoms with E-state index in [0.717, 1.165) is 15.7 Å². The number of aryl methyl sites for hydroxylation is 1. The first-order valence-corrected chi connectivity index (χ1v) is 7.23. The minimum absolute atomic E-state index is 0.0604. The molecule has 0 spiro atoms. The van der Waals surface area contributed by atoms with Crippen LogP contribution in [0, 0.1) is 17.0 Å². The Bertz CT molecular complexity index is 629. The van der Waals surface area contributed by atoms with Crippen molar-refractivity contribution in [2.24, 2.45) is 0 Å². The van der Waals surface area contributed by atoms with Crippen LogP contribution in [0.15, 0.2) is 46.9 Å². The van der Waals surface area contributed by atoms with Gasteiger partial charge in [-0.15, -0.1) is 0 Å². The van der Waals surface area contributed by atoms with Gasteiger partial charge in [0.15, 0.2) is 0 Å². The maximum Gasteiger partial charge on any atom is 0.269 e. The molecule has 0 aromatic heterocycles. The van der Waals surface area contributed by atoms with Crippen molar-refractivity contribution in [2.45, 2.75) is 6.92 Å². The highest BCUT2D eigenvalue weighted by Gasteiger charge is 2.04. The molecule has 110 valence electrons. The third-order valence-corrected chi connectivity index (χ3v) is 3.43. The summed E-state index contributed by atoms with van der Waals surface area (Å²) in [6.45, 7) is 3.16. The Hall–Kier alpha value is -2.08. The number of nitrogens with one attached hydrogen (secondary N) is 1. The van der Waals surface area contributed by atoms with Crippen molar-refractivity contribution >= 4 is 27.3 Å². The van der Waals surface area contributed by atoms with Gasteiger partial charge in [-0.05, 0) is 36.8 Å². The summed E-state index contributed by atoms with van der Waals surface area (Å²) in [6, 6.07) is 12.1. The molecule has 0 aliphatic rings. The predicted molar refractivity (Wildman–Crippen MR) is 86.0 cm³/mol. The fourth-order valence-electron chi connectivity index (χ4n) is 1.80. The fraction of sp³-hybridized carbons (Fsp3) is 0.200. The molecule has 0 saturated carbocycles. The molecule has 0 fully saturated rings. The Morgan fingerprint density at radius 2 is 1.95 bits per heavy atom. The van der Waals surface area contributed by atoms with Gasteiger partial charge in [-0.25, -0.2) is 0 Å². The second-order valence-corrected chi connectivity index (χ2v) is 5.40. The smallest absolute Gasteiger partial charge is 0.269 e. The Morgan fingerprint density at radius 3 is 2.62 bits per heavy atom. The summed E-state index contributed by atoms with van der Waals surface area (Å²) in [7, 11) is 0. The number of hydrogen-bond donors (Lipinski definition) is 1. The molecular weight excluding hydrogens is 336 g/mol. The monoisotopic (exact) mass is 350 g/mol. The van der Waals surface area contributed by atoms with Crippen LogP contribution >= 0.6 is 15.9 Å². The number of rotatable bonds is 6. The number of anilines is 1. The van der Waals surface area contributed by atoms with Gasteiger partial charge in [0, 0.05) is 28.8 Å². The van der Waals surface area contributed by atoms with Gasteiger partial charge in [0.2, 0.25) is 0 Å². The number of nitrogens with zero attached hydrogens (tertiary/aromatic N) is 1. The highest BCUT2D eigenvalue weighted by molar-refractivity contribution is 9.10. The van der Waals surface area contributed by atoms with E-state index in [0.29, 0.717) is 18.9 Å². The minimum Gasteiger partial charge on any atom is -0.492 e. The van der Waals surface area contributed by atoms with Gasteiger partial charge < -0.3 is 10.1 Å². The third kappa shape index (κ3) is 4.46. The Morgan fingerprint density at radius 1 is 1.24 bits per heavy atom. The first-order chi connectivity index (χ1) is 10.1. The summed E-state index contributed by atoms with van der Waals surface area (Å²) in [4.78, 5) is 10.1. The molecule has 0 atom stereocenters. The first-order valence-electron chi connectivity index (χ1n) is 6.43. The second-order valence-electron chi connectivity index (χ2n) is 4.49. The van der Waals surface area contributed by atoms with Crippen molar-refractivity contribution in [3.05, 3.63) is 62.6 Å². The maximum atomic E-state index is 10.5. The van der Waals surface area contributed by atoms with E-state index >= 15 is 0 Å². The van der Waals surface area contributed by atoms with Crippen LogP contribution < -0.4 is 10.1 Å². The molecule has 0 aliphatic heterocycles. The van der Waals surface area contributed by atoms with E-state index in [1.54, 1.807) is 12.1 Å². The van der Waals surface area contributed by atoms with Crippen LogP contribution in [0.3, 0.4) is 0 Å². The number of benzene rings is 2. The van der Waals surface area contributed by atoms with Gasteiger partial charge in [0.05, 0.1) is 4.92 Å². The lowest BCUT2D eigenvalue weighted by Crippen LogP contribution is -2.12. The molecule has 1 N–H and O–H groups in total. The molecule has 0 bridgehead atoms. The first kappa shape index (κ1) is 15.3. The van der Waals surface area contributed by atoms with Gasteiger partial charge in [-0.2, -0.15) is 0 Å². The number of ether oxygens (including phenoxy) is 1. The van der Waals surface area contributed by atoms with E-state index in [9.17, 15) is 10.1 Å². The summed E-state index contributed by atoms with van der Waals surface area (Å²) < 4.78 is 6.56. The number of non-ortho nitro benzene ring substituents is 1. The van der Waals surface area contributed by atoms with Gasteiger partial charge in [-0.3, -0.25) is 10.1 Å². The highest BCUT2D eigenvalue weighted by atomic mass is 79.9. The second kappa shape index (κ2) is 7.08. The molecule has 2 aromatic carbocycles. The van der Waals surface area contributed by atoms with E-state index < -0.39 is 4.92 Å². The molecule has 2 aromatic rings. The quantitative estimate of drug-likeness (QED) is 0.482. The molecule has 0 saturated heterocycles. The summed E-state index contributed by atoms with van der Waals surface area (Å²) >= 11 is 3.43. The molecular formula is C15H15BrN2O3. The van der Waals surface area contributed by atoms with Crippen molar-refractivity contribution in [1.29, 1.82) is 0 Å². The van der Waals surface area contributed by atoms with Crippen LogP contribution in [-0.4, -0.2) is 18.1 Å². The van der Waals surface area contributed by atoms with Gasteiger partial charge in [0.25, 0.3) is 5.69 Å². The zero-order valence-electron chi connectivity index (χ0n) is 11.5. The average Bonchev–Trinajstić information content (AvgIpc) is 2.47. The van der Waals surface area contributed by atoms with Crippen LogP contribution in [0.5, 0.6) is 5.75 Å². The third-order valence-electron chi connectivity index (χ3n) is 2.93. The molecule has 0 unspecified atom stereocenters. The lowest BCUT2D eigenvalue weighted by atomic mass is 10.2. The topological polar surface area (TPSA) is 64.4 Å². The zero-order valence-corrected chi connectivity index (χ0v) is 13.1. The van der Waals surface area contributed by atoms with Crippen molar-refractivity contribution in [2.75, 3.05) is 18.5 Å². The Labute approximate surface area is 131 Å². The molecule has 0 aliphatic carbocycles. The standard InChI is InChI=1S/C15H15BrN2O3/c1-11-2-3-12(16)10-15(11)17-8-9-21-14-6-4-13(5-7-14)18(19)20/h2-7,10,17H,8-9H2,1H3. The predicted octanol–water partition coefficient (Wildman–Crippen LogP) is 4.16. The molecule has 2 rings (SSSR count). The fourth-order valence-corrected chi connectivity index (χ4v) is 2.16. The van der Waals surface area contributed by atoms with E-state index in [2.05, 4.69) is 21.2 Å². The van der Waals surface area contributed by atoms with Crippen LogP contribution in [0.1, 0.15) is 5.56 Å². The van der Waals surface area contributed by atoms with Crippen LogP contribution in [0.25, 0.3) is 0 Å². The van der Waals surface area contributed by atoms with Crippen molar-refractivity contribution in [3.8, 4) is 5.75 Å². The molecule has 0 amide bonds. The lowest BCUT2D eigenvalue weighted by molar-refractivity contribution is -0.384. The summed E-state index contributed by atoms with van der Waals surface area (Å²) in [6.07, 6.45) is 0.